The number of hydrogen-bond donors (Lipinski definition) is 2. The molecule has 0 atom stereocenters. The van der Waals surface area contributed by atoms with Crippen molar-refractivity contribution >= 4 is 56.3 Å². The zero-order chi connectivity index (χ0) is 21.1. The van der Waals surface area contributed by atoms with E-state index in [1.54, 1.807) is 26.5 Å². The fraction of sp³-hybridized carbons (Fsp3) is 0.0952. The minimum absolute atomic E-state index is 0. The molecule has 0 bridgehead atoms. The number of pyridine rings is 1. The average Bonchev–Trinajstić information content (AvgIpc) is 3.22. The lowest BCUT2D eigenvalue weighted by molar-refractivity contribution is 0.395. The molecular formula is C21H19BrClN5O2S. The fourth-order valence-electron chi connectivity index (χ4n) is 2.98. The van der Waals surface area contributed by atoms with E-state index in [1.165, 1.54) is 11.3 Å². The molecule has 2 aromatic carbocycles. The lowest BCUT2D eigenvalue weighted by atomic mass is 9.99. The number of ether oxygens (including phenoxy) is 2. The van der Waals surface area contributed by atoms with E-state index in [-0.39, 0.29) is 12.4 Å². The van der Waals surface area contributed by atoms with E-state index in [4.69, 9.17) is 15.2 Å². The van der Waals surface area contributed by atoms with Crippen LogP contribution in [-0.4, -0.2) is 29.4 Å². The van der Waals surface area contributed by atoms with E-state index < -0.39 is 0 Å². The van der Waals surface area contributed by atoms with Gasteiger partial charge in [0.15, 0.2) is 0 Å². The molecule has 4 aromatic rings. The Hall–Kier alpha value is -2.88. The van der Waals surface area contributed by atoms with Gasteiger partial charge < -0.3 is 20.5 Å². The molecule has 0 saturated heterocycles. The number of nitrogens with zero attached hydrogens (tertiary/aromatic N) is 3. The largest absolute Gasteiger partial charge is 0.497 e. The van der Waals surface area contributed by atoms with Crippen molar-refractivity contribution in [3.63, 3.8) is 0 Å². The molecule has 2 heterocycles. The van der Waals surface area contributed by atoms with Gasteiger partial charge in [-0.25, -0.2) is 4.98 Å². The van der Waals surface area contributed by atoms with Crippen LogP contribution in [0, 0.1) is 0 Å². The second kappa shape index (κ2) is 9.95. The van der Waals surface area contributed by atoms with Gasteiger partial charge in [0, 0.05) is 33.6 Å². The fourth-order valence-corrected chi connectivity index (χ4v) is 4.03. The monoisotopic (exact) mass is 519 g/mol. The maximum atomic E-state index is 5.92. The van der Waals surface area contributed by atoms with Crippen LogP contribution in [0.25, 0.3) is 21.7 Å². The Kier molecular flexibility index (Phi) is 7.32. The molecule has 160 valence electrons. The van der Waals surface area contributed by atoms with Crippen LogP contribution in [0.1, 0.15) is 0 Å². The van der Waals surface area contributed by atoms with Gasteiger partial charge in [-0.05, 0) is 48.0 Å². The summed E-state index contributed by atoms with van der Waals surface area (Å²) in [7, 11) is 3.23. The zero-order valence-electron chi connectivity index (χ0n) is 16.6. The highest BCUT2D eigenvalue weighted by molar-refractivity contribution is 9.10. The van der Waals surface area contributed by atoms with Crippen LogP contribution in [0.4, 0.5) is 16.6 Å². The normalized spacial score (nSPS) is 10.3. The van der Waals surface area contributed by atoms with Gasteiger partial charge >= 0.3 is 0 Å². The highest BCUT2D eigenvalue weighted by atomic mass is 79.9. The predicted molar refractivity (Wildman–Crippen MR) is 131 cm³/mol. The summed E-state index contributed by atoms with van der Waals surface area (Å²) in [6.07, 6.45) is 1.67. The molecule has 7 nitrogen and oxygen atoms in total. The standard InChI is InChI=1S/C21H18BrN5O2S.ClH/c1-28-15-10-16(19(17(11-15)29-2)12-7-8-24-18(23)9-12)20-26-27-21(30-20)25-14-5-3-13(22)4-6-14;/h3-11H,1-2H3,(H2,23,24)(H,25,27);1H. The van der Waals surface area contributed by atoms with Gasteiger partial charge in [0.1, 0.15) is 22.3 Å². The van der Waals surface area contributed by atoms with Crippen LogP contribution in [0.2, 0.25) is 0 Å². The van der Waals surface area contributed by atoms with Gasteiger partial charge in [0.05, 0.1) is 14.2 Å². The number of rotatable bonds is 6. The maximum Gasteiger partial charge on any atom is 0.210 e. The lowest BCUT2D eigenvalue weighted by Gasteiger charge is -2.15. The van der Waals surface area contributed by atoms with Crippen LogP contribution in [-0.2, 0) is 0 Å². The number of methoxy groups -OCH3 is 2. The summed E-state index contributed by atoms with van der Waals surface area (Å²) in [5.41, 5.74) is 9.39. The van der Waals surface area contributed by atoms with Gasteiger partial charge in [-0.1, -0.05) is 27.3 Å². The summed E-state index contributed by atoms with van der Waals surface area (Å²) in [6, 6.07) is 15.3. The van der Waals surface area contributed by atoms with E-state index in [9.17, 15) is 0 Å². The first-order chi connectivity index (χ1) is 14.6. The Bertz CT molecular complexity index is 1190. The van der Waals surface area contributed by atoms with Gasteiger partial charge in [-0.2, -0.15) is 0 Å². The smallest absolute Gasteiger partial charge is 0.210 e. The van der Waals surface area contributed by atoms with E-state index in [2.05, 4.69) is 36.4 Å². The molecule has 0 radical (unpaired) electrons. The molecule has 31 heavy (non-hydrogen) atoms. The first-order valence-electron chi connectivity index (χ1n) is 8.92. The molecule has 0 saturated carbocycles. The summed E-state index contributed by atoms with van der Waals surface area (Å²) >= 11 is 4.87. The molecule has 10 heteroatoms. The van der Waals surface area contributed by atoms with Crippen LogP contribution in [0.3, 0.4) is 0 Å². The third kappa shape index (κ3) is 5.07. The number of anilines is 3. The van der Waals surface area contributed by atoms with Crippen molar-refractivity contribution in [2.75, 3.05) is 25.3 Å². The highest BCUT2D eigenvalue weighted by Crippen LogP contribution is 2.44. The molecule has 3 N–H and O–H groups in total. The van der Waals surface area contributed by atoms with E-state index in [0.717, 1.165) is 31.9 Å². The first kappa shape index (κ1) is 22.8. The van der Waals surface area contributed by atoms with E-state index in [0.29, 0.717) is 22.4 Å². The van der Waals surface area contributed by atoms with Gasteiger partial charge in [-0.15, -0.1) is 22.6 Å². The number of nitrogens with one attached hydrogen (secondary N) is 1. The Morgan fingerprint density at radius 2 is 1.77 bits per heavy atom. The van der Waals surface area contributed by atoms with Crippen LogP contribution < -0.4 is 20.5 Å². The summed E-state index contributed by atoms with van der Waals surface area (Å²) in [5, 5.41) is 13.4. The van der Waals surface area contributed by atoms with Crippen LogP contribution >= 0.6 is 39.7 Å². The van der Waals surface area contributed by atoms with E-state index >= 15 is 0 Å². The summed E-state index contributed by atoms with van der Waals surface area (Å²) < 4.78 is 12.1. The number of hydrogen-bond acceptors (Lipinski definition) is 8. The first-order valence-corrected chi connectivity index (χ1v) is 10.5. The number of benzene rings is 2. The van der Waals surface area contributed by atoms with Gasteiger partial charge in [0.25, 0.3) is 0 Å². The van der Waals surface area contributed by atoms with Gasteiger partial charge in [0.2, 0.25) is 5.13 Å². The van der Waals surface area contributed by atoms with Crippen LogP contribution in [0.15, 0.2) is 59.2 Å². The van der Waals surface area contributed by atoms with Gasteiger partial charge in [-0.3, -0.25) is 0 Å². The second-order valence-electron chi connectivity index (χ2n) is 6.27. The van der Waals surface area contributed by atoms with Crippen molar-refractivity contribution in [3.8, 4) is 33.2 Å². The summed E-state index contributed by atoms with van der Waals surface area (Å²) in [4.78, 5) is 4.09. The molecule has 0 amide bonds. The minimum Gasteiger partial charge on any atom is -0.497 e. The average molecular weight is 521 g/mol. The zero-order valence-corrected chi connectivity index (χ0v) is 19.8. The molecule has 0 unspecified atom stereocenters. The second-order valence-corrected chi connectivity index (χ2v) is 8.16. The topological polar surface area (TPSA) is 95.2 Å². The molecule has 2 aromatic heterocycles. The lowest BCUT2D eigenvalue weighted by Crippen LogP contribution is -1.96. The van der Waals surface area contributed by atoms with Crippen molar-refractivity contribution in [2.45, 2.75) is 0 Å². The minimum atomic E-state index is 0. The van der Waals surface area contributed by atoms with Crippen molar-refractivity contribution < 1.29 is 9.47 Å². The molecule has 0 aliphatic heterocycles. The molecule has 4 rings (SSSR count). The van der Waals surface area contributed by atoms with Crippen LogP contribution in [0.5, 0.6) is 11.5 Å². The number of nitrogens with two attached hydrogens (primary N) is 1. The Labute approximate surface area is 198 Å². The molecule has 0 aliphatic rings. The quantitative estimate of drug-likeness (QED) is 0.332. The molecule has 0 fully saturated rings. The van der Waals surface area contributed by atoms with Crippen molar-refractivity contribution in [2.24, 2.45) is 0 Å². The van der Waals surface area contributed by atoms with Crippen molar-refractivity contribution in [1.29, 1.82) is 0 Å². The Morgan fingerprint density at radius 1 is 1.00 bits per heavy atom. The third-order valence-electron chi connectivity index (χ3n) is 4.35. The molecular weight excluding hydrogens is 502 g/mol. The van der Waals surface area contributed by atoms with Crippen molar-refractivity contribution in [1.82, 2.24) is 15.2 Å². The SMILES string of the molecule is COc1cc(OC)c(-c2ccnc(N)c2)c(-c2nnc(Nc3ccc(Br)cc3)s2)c1.Cl. The Morgan fingerprint density at radius 3 is 2.45 bits per heavy atom. The number of halogens is 2. The summed E-state index contributed by atoms with van der Waals surface area (Å²) in [5.74, 6) is 1.73. The van der Waals surface area contributed by atoms with Crippen molar-refractivity contribution in [3.05, 3.63) is 59.2 Å². The predicted octanol–water partition coefficient (Wildman–Crippen LogP) is 5.79. The maximum absolute atomic E-state index is 5.92. The number of nitrogen functional groups attached to an aromatic ring is 1. The molecule has 0 aliphatic carbocycles. The third-order valence-corrected chi connectivity index (χ3v) is 5.75. The van der Waals surface area contributed by atoms with E-state index in [1.807, 2.05) is 42.5 Å². The Balaban J connectivity index is 0.00000272. The number of aromatic nitrogens is 3. The molecule has 0 spiro atoms. The summed E-state index contributed by atoms with van der Waals surface area (Å²) in [6.45, 7) is 0. The highest BCUT2D eigenvalue weighted by Gasteiger charge is 2.19.